The molecule has 0 bridgehead atoms. The molecule has 4 nitrogen and oxygen atoms in total. The lowest BCUT2D eigenvalue weighted by atomic mass is 9.87. The topological polar surface area (TPSA) is 56.1 Å². The fourth-order valence-corrected chi connectivity index (χ4v) is 3.94. The molecule has 30 heavy (non-hydrogen) atoms. The lowest BCUT2D eigenvalue weighted by Crippen LogP contribution is -2.45. The quantitative estimate of drug-likeness (QED) is 0.526. The number of rotatable bonds is 4. The lowest BCUT2D eigenvalue weighted by molar-refractivity contribution is -0.112. The zero-order valence-electron chi connectivity index (χ0n) is 18.0. The van der Waals surface area contributed by atoms with Gasteiger partial charge in [0, 0.05) is 29.0 Å². The Balaban J connectivity index is 1.98. The predicted molar refractivity (Wildman–Crippen MR) is 121 cm³/mol. The van der Waals surface area contributed by atoms with Gasteiger partial charge in [-0.15, -0.1) is 0 Å². The molecule has 0 spiro atoms. The number of carbonyl (C=O) groups is 1. The number of nitrogens with zero attached hydrogens (tertiary/aromatic N) is 2. The molecule has 0 aromatic heterocycles. The third-order valence-corrected chi connectivity index (χ3v) is 5.39. The molecular formula is C25H26FN3O. The predicted octanol–water partition coefficient (Wildman–Crippen LogP) is 5.70. The van der Waals surface area contributed by atoms with Gasteiger partial charge in [0.05, 0.1) is 5.54 Å². The van der Waals surface area contributed by atoms with Crippen molar-refractivity contribution < 1.29 is 9.18 Å². The number of carbonyl (C=O) groups excluding carboxylic acids is 1. The molecule has 1 N–H and O–H groups in total. The van der Waals surface area contributed by atoms with Gasteiger partial charge in [0.1, 0.15) is 17.5 Å². The van der Waals surface area contributed by atoms with Gasteiger partial charge in [-0.25, -0.2) is 4.39 Å². The molecule has 1 aliphatic rings. The number of benzene rings is 2. The molecule has 0 aliphatic carbocycles. The summed E-state index contributed by atoms with van der Waals surface area (Å²) in [5.41, 5.74) is 4.25. The van der Waals surface area contributed by atoms with Crippen LogP contribution in [-0.4, -0.2) is 18.0 Å². The van der Waals surface area contributed by atoms with Crippen LogP contribution in [0.1, 0.15) is 44.4 Å². The fraction of sp³-hybridized carbons (Fsp3) is 0.280. The number of hydrogen-bond acceptors (Lipinski definition) is 3. The van der Waals surface area contributed by atoms with Crippen LogP contribution in [0.4, 0.5) is 15.8 Å². The summed E-state index contributed by atoms with van der Waals surface area (Å²) in [5.74, 6) is -1.03. The third-order valence-electron chi connectivity index (χ3n) is 5.39. The number of hydrogen-bond donors (Lipinski definition) is 1. The van der Waals surface area contributed by atoms with Crippen LogP contribution in [0.5, 0.6) is 0 Å². The number of amides is 1. The van der Waals surface area contributed by atoms with E-state index in [4.69, 9.17) is 0 Å². The third kappa shape index (κ3) is 4.13. The van der Waals surface area contributed by atoms with Crippen molar-refractivity contribution in [2.24, 2.45) is 0 Å². The van der Waals surface area contributed by atoms with Crippen LogP contribution in [0.25, 0.3) is 11.6 Å². The maximum atomic E-state index is 15.0. The maximum absolute atomic E-state index is 15.0. The molecule has 3 rings (SSSR count). The Morgan fingerprint density at radius 2 is 1.90 bits per heavy atom. The highest BCUT2D eigenvalue weighted by Gasteiger charge is 2.31. The van der Waals surface area contributed by atoms with Crippen LogP contribution in [0, 0.1) is 24.1 Å². The smallest absolute Gasteiger partial charge is 0.266 e. The molecule has 1 heterocycles. The van der Waals surface area contributed by atoms with E-state index in [9.17, 15) is 14.4 Å². The van der Waals surface area contributed by atoms with Crippen LogP contribution in [0.15, 0.2) is 48.0 Å². The number of aryl methyl sites for hydroxylation is 1. The SMILES string of the molecule is CCN1c2cc(F)c(/C=C(\C#N)C(=O)Nc3ccc(C)cc3)cc2C(C)=CC1(C)C. The van der Waals surface area contributed by atoms with Gasteiger partial charge < -0.3 is 10.2 Å². The molecule has 0 fully saturated rings. The van der Waals surface area contributed by atoms with Crippen molar-refractivity contribution in [3.63, 3.8) is 0 Å². The first kappa shape index (κ1) is 21.3. The van der Waals surface area contributed by atoms with Gasteiger partial charge in [-0.1, -0.05) is 23.8 Å². The van der Waals surface area contributed by atoms with E-state index in [1.807, 2.05) is 39.0 Å². The minimum atomic E-state index is -0.568. The Kier molecular flexibility index (Phi) is 5.80. The minimum absolute atomic E-state index is 0.153. The number of likely N-dealkylation sites (N-methyl/N-ethyl adjacent to an activating group) is 1. The van der Waals surface area contributed by atoms with E-state index in [-0.39, 0.29) is 16.7 Å². The lowest BCUT2D eigenvalue weighted by Gasteiger charge is -2.42. The molecular weight excluding hydrogens is 377 g/mol. The van der Waals surface area contributed by atoms with Crippen LogP contribution in [-0.2, 0) is 4.79 Å². The van der Waals surface area contributed by atoms with Gasteiger partial charge >= 0.3 is 0 Å². The highest BCUT2D eigenvalue weighted by Crippen LogP contribution is 2.40. The van der Waals surface area contributed by atoms with Gasteiger partial charge in [-0.3, -0.25) is 4.79 Å². The Labute approximate surface area is 177 Å². The van der Waals surface area contributed by atoms with E-state index in [1.54, 1.807) is 18.2 Å². The van der Waals surface area contributed by atoms with Crippen molar-refractivity contribution in [3.8, 4) is 6.07 Å². The first-order valence-electron chi connectivity index (χ1n) is 9.97. The highest BCUT2D eigenvalue weighted by molar-refractivity contribution is 6.09. The Morgan fingerprint density at radius 3 is 2.50 bits per heavy atom. The van der Waals surface area contributed by atoms with Crippen LogP contribution in [0.3, 0.4) is 0 Å². The maximum Gasteiger partial charge on any atom is 0.266 e. The molecule has 2 aromatic rings. The first-order valence-corrected chi connectivity index (χ1v) is 9.97. The monoisotopic (exact) mass is 403 g/mol. The largest absolute Gasteiger partial charge is 0.363 e. The van der Waals surface area contributed by atoms with E-state index in [0.717, 1.165) is 28.9 Å². The summed E-state index contributed by atoms with van der Waals surface area (Å²) >= 11 is 0. The Hall–Kier alpha value is -3.39. The van der Waals surface area contributed by atoms with E-state index >= 15 is 0 Å². The number of nitrogens with one attached hydrogen (secondary N) is 1. The summed E-state index contributed by atoms with van der Waals surface area (Å²) in [5, 5.41) is 12.2. The number of fused-ring (bicyclic) bond motifs is 1. The zero-order chi connectivity index (χ0) is 22.1. The molecule has 0 saturated heterocycles. The average molecular weight is 404 g/mol. The summed E-state index contributed by atoms with van der Waals surface area (Å²) in [6.07, 6.45) is 3.46. The van der Waals surface area contributed by atoms with Crippen LogP contribution >= 0.6 is 0 Å². The van der Waals surface area contributed by atoms with Crippen molar-refractivity contribution in [2.45, 2.75) is 40.2 Å². The molecule has 0 unspecified atom stereocenters. The van der Waals surface area contributed by atoms with Crippen molar-refractivity contribution in [1.29, 1.82) is 5.26 Å². The number of halogens is 1. The van der Waals surface area contributed by atoms with Gasteiger partial charge in [0.25, 0.3) is 5.91 Å². The van der Waals surface area contributed by atoms with Gasteiger partial charge in [0.2, 0.25) is 0 Å². The summed E-state index contributed by atoms with van der Waals surface area (Å²) < 4.78 is 15.0. The molecule has 0 saturated carbocycles. The fourth-order valence-electron chi connectivity index (χ4n) is 3.94. The molecule has 5 heteroatoms. The number of allylic oxidation sites excluding steroid dienone is 1. The normalized spacial score (nSPS) is 15.2. The van der Waals surface area contributed by atoms with Gasteiger partial charge in [-0.05, 0) is 70.5 Å². The molecule has 1 aliphatic heterocycles. The second-order valence-corrected chi connectivity index (χ2v) is 8.11. The zero-order valence-corrected chi connectivity index (χ0v) is 18.0. The summed E-state index contributed by atoms with van der Waals surface area (Å²) in [7, 11) is 0. The number of nitriles is 1. The average Bonchev–Trinajstić information content (AvgIpc) is 2.68. The molecule has 0 radical (unpaired) electrons. The number of anilines is 2. The van der Waals surface area contributed by atoms with Crippen molar-refractivity contribution in [2.75, 3.05) is 16.8 Å². The Bertz CT molecular complexity index is 1090. The van der Waals surface area contributed by atoms with Crippen LogP contribution in [0.2, 0.25) is 0 Å². The van der Waals surface area contributed by atoms with Crippen molar-refractivity contribution >= 4 is 28.9 Å². The van der Waals surface area contributed by atoms with Gasteiger partial charge in [0.15, 0.2) is 0 Å². The highest BCUT2D eigenvalue weighted by atomic mass is 19.1. The van der Waals surface area contributed by atoms with E-state index < -0.39 is 11.7 Å². The Morgan fingerprint density at radius 1 is 1.23 bits per heavy atom. The van der Waals surface area contributed by atoms with E-state index in [2.05, 4.69) is 30.1 Å². The summed E-state index contributed by atoms with van der Waals surface area (Å²) in [4.78, 5) is 14.7. The molecule has 154 valence electrons. The van der Waals surface area contributed by atoms with E-state index in [0.29, 0.717) is 5.69 Å². The molecule has 0 atom stereocenters. The van der Waals surface area contributed by atoms with Gasteiger partial charge in [-0.2, -0.15) is 5.26 Å². The van der Waals surface area contributed by atoms with Crippen molar-refractivity contribution in [1.82, 2.24) is 0 Å². The second-order valence-electron chi connectivity index (χ2n) is 8.11. The van der Waals surface area contributed by atoms with Crippen LogP contribution < -0.4 is 10.2 Å². The standard InChI is InChI=1S/C25H26FN3O/c1-6-29-23-13-22(26)18(12-21(23)17(3)14-25(29,4)5)11-19(15-27)24(30)28-20-9-7-16(2)8-10-20/h7-14H,6H2,1-5H3,(H,28,30)/b19-11+. The molecule has 1 amide bonds. The summed E-state index contributed by atoms with van der Waals surface area (Å²) in [6.45, 7) is 10.9. The second kappa shape index (κ2) is 8.16. The first-order chi connectivity index (χ1) is 14.2. The van der Waals surface area contributed by atoms with Crippen molar-refractivity contribution in [3.05, 3.63) is 70.6 Å². The van der Waals surface area contributed by atoms with E-state index in [1.165, 1.54) is 12.1 Å². The summed E-state index contributed by atoms with van der Waals surface area (Å²) in [6, 6.07) is 12.4. The minimum Gasteiger partial charge on any atom is -0.363 e. The molecule has 2 aromatic carbocycles.